The predicted octanol–water partition coefficient (Wildman–Crippen LogP) is 3.77. The van der Waals surface area contributed by atoms with E-state index in [2.05, 4.69) is 20.2 Å². The number of halogens is 5. The van der Waals surface area contributed by atoms with Crippen molar-refractivity contribution < 1.29 is 41.4 Å². The van der Waals surface area contributed by atoms with Gasteiger partial charge in [0.25, 0.3) is 11.8 Å². The number of amides is 1. The number of carbonyl (C=O) groups excluding carboxylic acids is 1. The Kier molecular flexibility index (Phi) is 7.69. The minimum atomic E-state index is -5.08. The number of carbonyl (C=O) groups is 2. The molecule has 1 aliphatic heterocycles. The molecule has 0 spiro atoms. The number of aliphatic carboxylic acids is 1. The number of likely N-dealkylation sites (tertiary alicyclic amines) is 1. The van der Waals surface area contributed by atoms with Gasteiger partial charge in [0.2, 0.25) is 5.88 Å². The van der Waals surface area contributed by atoms with Crippen LogP contribution in [0.5, 0.6) is 5.88 Å². The molecule has 39 heavy (non-hydrogen) atoms. The maximum atomic E-state index is 14.7. The van der Waals surface area contributed by atoms with Crippen LogP contribution >= 0.6 is 0 Å². The minimum Gasteiger partial charge on any atom is -0.475 e. The van der Waals surface area contributed by atoms with Crippen LogP contribution in [0.25, 0.3) is 16.6 Å². The van der Waals surface area contributed by atoms with Gasteiger partial charge in [-0.05, 0) is 18.2 Å². The zero-order chi connectivity index (χ0) is 28.2. The summed E-state index contributed by atoms with van der Waals surface area (Å²) < 4.78 is 66.7. The Bertz CT molecular complexity index is 1460. The Hall–Kier alpha value is -4.69. The summed E-state index contributed by atoms with van der Waals surface area (Å²) in [5, 5.41) is 16.1. The number of benzene rings is 1. The molecule has 15 heteroatoms. The third kappa shape index (κ3) is 6.42. The van der Waals surface area contributed by atoms with Crippen molar-refractivity contribution in [2.24, 2.45) is 0 Å². The second-order valence-corrected chi connectivity index (χ2v) is 8.23. The molecule has 1 atom stereocenters. The highest BCUT2D eigenvalue weighted by Gasteiger charge is 2.47. The summed E-state index contributed by atoms with van der Waals surface area (Å²) in [7, 11) is 0. The number of rotatable bonds is 4. The van der Waals surface area contributed by atoms with E-state index in [1.165, 1.54) is 34.5 Å². The van der Waals surface area contributed by atoms with Gasteiger partial charge in [-0.25, -0.2) is 18.6 Å². The first-order chi connectivity index (χ1) is 18.5. The Morgan fingerprint density at radius 2 is 1.72 bits per heavy atom. The highest BCUT2D eigenvalue weighted by Crippen LogP contribution is 2.32. The number of nitrogens with zero attached hydrogens (tertiary/aromatic N) is 6. The van der Waals surface area contributed by atoms with Crippen LogP contribution in [0.3, 0.4) is 0 Å². The van der Waals surface area contributed by atoms with Crippen LogP contribution in [0.2, 0.25) is 0 Å². The van der Waals surface area contributed by atoms with Gasteiger partial charge < -0.3 is 14.7 Å². The van der Waals surface area contributed by atoms with Crippen molar-refractivity contribution in [3.63, 3.8) is 0 Å². The number of carboxylic acid groups (broad SMARTS) is 1. The number of piperidine rings is 1. The lowest BCUT2D eigenvalue weighted by Crippen LogP contribution is -2.55. The predicted molar refractivity (Wildman–Crippen MR) is 124 cm³/mol. The molecule has 0 bridgehead atoms. The van der Waals surface area contributed by atoms with Crippen LogP contribution in [0, 0.1) is 0 Å². The van der Waals surface area contributed by atoms with Crippen LogP contribution in [0.4, 0.5) is 22.0 Å². The van der Waals surface area contributed by atoms with Crippen LogP contribution < -0.4 is 4.74 Å². The van der Waals surface area contributed by atoms with Gasteiger partial charge in [0.15, 0.2) is 6.10 Å². The largest absolute Gasteiger partial charge is 0.490 e. The van der Waals surface area contributed by atoms with Crippen LogP contribution in [-0.2, 0) is 4.79 Å². The molecule has 10 nitrogen and oxygen atoms in total. The molecule has 0 aliphatic carbocycles. The molecule has 0 saturated carbocycles. The SMILES string of the molecule is O=C(O)C(F)(F)F.O=C(c1cnccc1-n1nccn1)N1CCC(F)(F)C(Oc2ccc3ccccc3n2)C1. The smallest absolute Gasteiger partial charge is 0.475 e. The molecule has 1 fully saturated rings. The van der Waals surface area contributed by atoms with Gasteiger partial charge in [0.05, 0.1) is 30.0 Å². The highest BCUT2D eigenvalue weighted by atomic mass is 19.4. The normalized spacial score (nSPS) is 16.7. The minimum absolute atomic E-state index is 0.0884. The maximum Gasteiger partial charge on any atom is 0.490 e. The Balaban J connectivity index is 0.000000448. The summed E-state index contributed by atoms with van der Waals surface area (Å²) in [5.74, 6) is -6.22. The Morgan fingerprint density at radius 1 is 1.03 bits per heavy atom. The summed E-state index contributed by atoms with van der Waals surface area (Å²) in [5.41, 5.74) is 1.28. The topological polar surface area (TPSA) is 123 Å². The lowest BCUT2D eigenvalue weighted by atomic mass is 10.0. The molecule has 1 saturated heterocycles. The molecular weight excluding hydrogens is 531 g/mol. The fourth-order valence-corrected chi connectivity index (χ4v) is 3.67. The third-order valence-corrected chi connectivity index (χ3v) is 5.60. The van der Waals surface area contributed by atoms with E-state index in [-0.39, 0.29) is 24.5 Å². The first-order valence-electron chi connectivity index (χ1n) is 11.3. The van der Waals surface area contributed by atoms with E-state index in [1.54, 1.807) is 24.3 Å². The zero-order valence-corrected chi connectivity index (χ0v) is 19.8. The maximum absolute atomic E-state index is 14.7. The fraction of sp³-hybridized carbons (Fsp3) is 0.250. The monoisotopic (exact) mass is 550 g/mol. The zero-order valence-electron chi connectivity index (χ0n) is 19.8. The second kappa shape index (κ2) is 11.0. The van der Waals surface area contributed by atoms with E-state index in [0.717, 1.165) is 5.39 Å². The van der Waals surface area contributed by atoms with Crippen molar-refractivity contribution >= 4 is 22.8 Å². The summed E-state index contributed by atoms with van der Waals surface area (Å²) in [4.78, 5) is 33.1. The molecule has 1 N–H and O–H groups in total. The van der Waals surface area contributed by atoms with Crippen LogP contribution in [0.15, 0.2) is 67.3 Å². The number of carboxylic acids is 1. The van der Waals surface area contributed by atoms with Crippen molar-refractivity contribution in [2.75, 3.05) is 13.1 Å². The van der Waals surface area contributed by atoms with Gasteiger partial charge in [-0.2, -0.15) is 28.2 Å². The standard InChI is InChI=1S/C22H18F2N6O2.C2HF3O2/c23-22(24)8-12-29(21(31)16-13-25-9-7-18(16)30-26-10-11-27-30)14-19(22)32-20-6-5-15-3-1-2-4-17(15)28-20;3-2(4,5)1(6)7/h1-7,9-11,13,19H,8,12,14H2;(H,6,7). The van der Waals surface area contributed by atoms with Gasteiger partial charge in [-0.15, -0.1) is 0 Å². The van der Waals surface area contributed by atoms with E-state index in [9.17, 15) is 26.7 Å². The first kappa shape index (κ1) is 27.3. The highest BCUT2D eigenvalue weighted by molar-refractivity contribution is 5.97. The first-order valence-corrected chi connectivity index (χ1v) is 11.3. The number of hydrogen-bond donors (Lipinski definition) is 1. The lowest BCUT2D eigenvalue weighted by Gasteiger charge is -2.38. The molecule has 3 aromatic heterocycles. The number of hydrogen-bond acceptors (Lipinski definition) is 7. The molecule has 1 amide bonds. The van der Waals surface area contributed by atoms with Gasteiger partial charge in [0, 0.05) is 36.8 Å². The van der Waals surface area contributed by atoms with Crippen molar-refractivity contribution in [3.8, 4) is 11.6 Å². The number of alkyl halides is 5. The molecule has 4 heterocycles. The van der Waals surface area contributed by atoms with Crippen molar-refractivity contribution in [3.05, 3.63) is 72.8 Å². The van der Waals surface area contributed by atoms with E-state index in [4.69, 9.17) is 14.6 Å². The second-order valence-electron chi connectivity index (χ2n) is 8.23. The molecule has 204 valence electrons. The lowest BCUT2D eigenvalue weighted by molar-refractivity contribution is -0.192. The Labute approximate surface area is 216 Å². The summed E-state index contributed by atoms with van der Waals surface area (Å²) in [6.07, 6.45) is -1.28. The van der Waals surface area contributed by atoms with Crippen LogP contribution in [0.1, 0.15) is 16.8 Å². The van der Waals surface area contributed by atoms with Crippen molar-refractivity contribution in [1.29, 1.82) is 0 Å². The van der Waals surface area contributed by atoms with Gasteiger partial charge >= 0.3 is 12.1 Å². The van der Waals surface area contributed by atoms with Crippen LogP contribution in [-0.4, -0.2) is 78.1 Å². The molecule has 1 unspecified atom stereocenters. The molecule has 5 rings (SSSR count). The van der Waals surface area contributed by atoms with Gasteiger partial charge in [-0.3, -0.25) is 9.78 Å². The quantitative estimate of drug-likeness (QED) is 0.381. The fourth-order valence-electron chi connectivity index (χ4n) is 3.67. The molecule has 1 aromatic carbocycles. The molecule has 4 aromatic rings. The molecule has 0 radical (unpaired) electrons. The van der Waals surface area contributed by atoms with Gasteiger partial charge in [0.1, 0.15) is 5.69 Å². The molecule has 1 aliphatic rings. The third-order valence-electron chi connectivity index (χ3n) is 5.60. The van der Waals surface area contributed by atoms with E-state index < -0.39 is 36.5 Å². The summed E-state index contributed by atoms with van der Waals surface area (Å²) >= 11 is 0. The summed E-state index contributed by atoms with van der Waals surface area (Å²) in [6, 6.07) is 12.3. The average molecular weight is 550 g/mol. The van der Waals surface area contributed by atoms with E-state index in [1.807, 2.05) is 18.2 Å². The van der Waals surface area contributed by atoms with E-state index in [0.29, 0.717) is 11.2 Å². The number of pyridine rings is 2. The molecular formula is C24H19F5N6O4. The Morgan fingerprint density at radius 3 is 2.41 bits per heavy atom. The number of ether oxygens (including phenoxy) is 1. The van der Waals surface area contributed by atoms with Crippen molar-refractivity contribution in [1.82, 2.24) is 29.9 Å². The number of aromatic nitrogens is 5. The summed E-state index contributed by atoms with van der Waals surface area (Å²) in [6.45, 7) is -0.404. The van der Waals surface area contributed by atoms with Crippen molar-refractivity contribution in [2.45, 2.75) is 24.6 Å². The number of fused-ring (bicyclic) bond motifs is 1. The number of para-hydroxylation sites is 1. The van der Waals surface area contributed by atoms with E-state index >= 15 is 0 Å². The van der Waals surface area contributed by atoms with Gasteiger partial charge in [-0.1, -0.05) is 18.2 Å². The average Bonchev–Trinajstić information content (AvgIpc) is 3.44.